The second-order valence-corrected chi connectivity index (χ2v) is 5.60. The Kier molecular flexibility index (Phi) is 4.29. The molecule has 1 aliphatic rings. The summed E-state index contributed by atoms with van der Waals surface area (Å²) in [6.45, 7) is 5.77. The number of unbranched alkanes of at least 4 members (excludes halogenated alkanes) is 1. The van der Waals surface area contributed by atoms with E-state index in [-0.39, 0.29) is 11.7 Å². The summed E-state index contributed by atoms with van der Waals surface area (Å²) in [6, 6.07) is 5.28. The molecule has 118 valence electrons. The molecule has 1 aliphatic heterocycles. The Bertz CT molecular complexity index is 726. The Balaban J connectivity index is 1.90. The number of amides is 1. The molecule has 6 heteroatoms. The maximum absolute atomic E-state index is 12.5. The molecule has 1 N–H and O–H groups in total. The molecule has 1 aromatic carbocycles. The number of carbonyl (C=O) groups is 1. The van der Waals surface area contributed by atoms with Crippen molar-refractivity contribution in [2.75, 3.05) is 26.2 Å². The molecule has 22 heavy (non-hydrogen) atoms. The monoisotopic (exact) mass is 303 g/mol. The van der Waals surface area contributed by atoms with Gasteiger partial charge in [-0.1, -0.05) is 13.3 Å². The molecule has 0 saturated carbocycles. The molecular weight excluding hydrogens is 282 g/mol. The standard InChI is InChI=1S/C16H21N3O3/c1-2-3-8-19-13-5-4-12(11-14(13)22-16(19)21)15(20)18-9-6-17-7-10-18/h4-5,11,17H,2-3,6-10H2,1H3. The van der Waals surface area contributed by atoms with Gasteiger partial charge >= 0.3 is 5.76 Å². The molecule has 1 saturated heterocycles. The largest absolute Gasteiger partial charge is 0.419 e. The number of nitrogens with zero attached hydrogens (tertiary/aromatic N) is 2. The highest BCUT2D eigenvalue weighted by Gasteiger charge is 2.19. The smallest absolute Gasteiger partial charge is 0.408 e. The number of hydrogen-bond acceptors (Lipinski definition) is 4. The molecule has 0 atom stereocenters. The lowest BCUT2D eigenvalue weighted by Crippen LogP contribution is -2.46. The van der Waals surface area contributed by atoms with Crippen LogP contribution in [0.5, 0.6) is 0 Å². The maximum Gasteiger partial charge on any atom is 0.419 e. The van der Waals surface area contributed by atoms with Gasteiger partial charge in [-0.25, -0.2) is 4.79 Å². The van der Waals surface area contributed by atoms with Crippen LogP contribution in [-0.4, -0.2) is 41.6 Å². The fourth-order valence-corrected chi connectivity index (χ4v) is 2.78. The SMILES string of the molecule is CCCCn1c(=O)oc2cc(C(=O)N3CCNCC3)ccc21. The number of nitrogens with one attached hydrogen (secondary N) is 1. The lowest BCUT2D eigenvalue weighted by molar-refractivity contribution is 0.0736. The molecule has 0 unspecified atom stereocenters. The molecule has 0 radical (unpaired) electrons. The molecule has 1 fully saturated rings. The summed E-state index contributed by atoms with van der Waals surface area (Å²) in [5.74, 6) is -0.359. The van der Waals surface area contributed by atoms with Gasteiger partial charge in [-0.05, 0) is 24.6 Å². The van der Waals surface area contributed by atoms with Crippen molar-refractivity contribution in [3.63, 3.8) is 0 Å². The van der Waals surface area contributed by atoms with Gasteiger partial charge in [0.25, 0.3) is 5.91 Å². The number of benzene rings is 1. The number of fused-ring (bicyclic) bond motifs is 1. The van der Waals surface area contributed by atoms with Gasteiger partial charge in [0.2, 0.25) is 0 Å². The lowest BCUT2D eigenvalue weighted by atomic mass is 10.1. The van der Waals surface area contributed by atoms with E-state index in [0.29, 0.717) is 30.8 Å². The van der Waals surface area contributed by atoms with Crippen LogP contribution in [0.1, 0.15) is 30.1 Å². The van der Waals surface area contributed by atoms with E-state index in [2.05, 4.69) is 12.2 Å². The third-order valence-corrected chi connectivity index (χ3v) is 4.05. The van der Waals surface area contributed by atoms with Crippen molar-refractivity contribution in [2.24, 2.45) is 0 Å². The molecule has 2 aromatic rings. The summed E-state index contributed by atoms with van der Waals surface area (Å²) >= 11 is 0. The summed E-state index contributed by atoms with van der Waals surface area (Å²) in [5, 5.41) is 3.22. The third kappa shape index (κ3) is 2.78. The van der Waals surface area contributed by atoms with E-state index in [1.807, 2.05) is 11.0 Å². The molecule has 1 aromatic heterocycles. The molecule has 6 nitrogen and oxygen atoms in total. The van der Waals surface area contributed by atoms with Gasteiger partial charge in [-0.2, -0.15) is 0 Å². The molecule has 0 bridgehead atoms. The summed E-state index contributed by atoms with van der Waals surface area (Å²) in [4.78, 5) is 26.2. The minimum absolute atomic E-state index is 0.00708. The van der Waals surface area contributed by atoms with Gasteiger partial charge in [0.05, 0.1) is 5.52 Å². The average Bonchev–Trinajstić information content (AvgIpc) is 2.87. The minimum Gasteiger partial charge on any atom is -0.408 e. The van der Waals surface area contributed by atoms with E-state index in [1.54, 1.807) is 16.7 Å². The van der Waals surface area contributed by atoms with Crippen molar-refractivity contribution in [3.05, 3.63) is 34.3 Å². The van der Waals surface area contributed by atoms with Crippen molar-refractivity contribution in [2.45, 2.75) is 26.3 Å². The zero-order valence-corrected chi connectivity index (χ0v) is 12.8. The van der Waals surface area contributed by atoms with Crippen molar-refractivity contribution in [1.29, 1.82) is 0 Å². The molecular formula is C16H21N3O3. The first kappa shape index (κ1) is 14.8. The fraction of sp³-hybridized carbons (Fsp3) is 0.500. The van der Waals surface area contributed by atoms with Crippen LogP contribution in [0.3, 0.4) is 0 Å². The van der Waals surface area contributed by atoms with Crippen molar-refractivity contribution in [1.82, 2.24) is 14.8 Å². The van der Waals surface area contributed by atoms with Gasteiger partial charge in [0.15, 0.2) is 5.58 Å². The van der Waals surface area contributed by atoms with Crippen molar-refractivity contribution in [3.8, 4) is 0 Å². The second kappa shape index (κ2) is 6.36. The second-order valence-electron chi connectivity index (χ2n) is 5.60. The zero-order chi connectivity index (χ0) is 15.5. The number of oxazole rings is 1. The minimum atomic E-state index is -0.352. The topological polar surface area (TPSA) is 67.5 Å². The first-order valence-corrected chi connectivity index (χ1v) is 7.84. The number of hydrogen-bond donors (Lipinski definition) is 1. The van der Waals surface area contributed by atoms with E-state index >= 15 is 0 Å². The number of piperazine rings is 1. The Morgan fingerprint density at radius 1 is 1.32 bits per heavy atom. The Morgan fingerprint density at radius 2 is 2.09 bits per heavy atom. The highest BCUT2D eigenvalue weighted by molar-refractivity contribution is 5.97. The molecule has 0 aliphatic carbocycles. The van der Waals surface area contributed by atoms with Gasteiger partial charge in [-0.15, -0.1) is 0 Å². The predicted octanol–water partition coefficient (Wildman–Crippen LogP) is 1.44. The normalized spacial score (nSPS) is 15.4. The lowest BCUT2D eigenvalue weighted by Gasteiger charge is -2.27. The number of rotatable bonds is 4. The third-order valence-electron chi connectivity index (χ3n) is 4.05. The highest BCUT2D eigenvalue weighted by atomic mass is 16.4. The number of aryl methyl sites for hydroxylation is 1. The zero-order valence-electron chi connectivity index (χ0n) is 12.8. The van der Waals surface area contributed by atoms with E-state index in [1.165, 1.54) is 0 Å². The van der Waals surface area contributed by atoms with Crippen molar-refractivity contribution < 1.29 is 9.21 Å². The van der Waals surface area contributed by atoms with E-state index in [4.69, 9.17) is 4.42 Å². The Hall–Kier alpha value is -2.08. The van der Waals surface area contributed by atoms with E-state index in [9.17, 15) is 9.59 Å². The van der Waals surface area contributed by atoms with Crippen LogP contribution >= 0.6 is 0 Å². The Labute approximate surface area is 128 Å². The molecule has 0 spiro atoms. The quantitative estimate of drug-likeness (QED) is 0.928. The first-order chi connectivity index (χ1) is 10.7. The van der Waals surface area contributed by atoms with Crippen LogP contribution in [0, 0.1) is 0 Å². The number of aromatic nitrogens is 1. The van der Waals surface area contributed by atoms with Crippen LogP contribution in [-0.2, 0) is 6.54 Å². The number of carbonyl (C=O) groups excluding carboxylic acids is 1. The molecule has 1 amide bonds. The summed E-state index contributed by atoms with van der Waals surface area (Å²) < 4.78 is 6.94. The summed E-state index contributed by atoms with van der Waals surface area (Å²) in [6.07, 6.45) is 1.94. The molecule has 2 heterocycles. The first-order valence-electron chi connectivity index (χ1n) is 7.84. The van der Waals surface area contributed by atoms with Crippen molar-refractivity contribution >= 4 is 17.0 Å². The maximum atomic E-state index is 12.5. The highest BCUT2D eigenvalue weighted by Crippen LogP contribution is 2.17. The fourth-order valence-electron chi connectivity index (χ4n) is 2.78. The molecule has 3 rings (SSSR count). The van der Waals surface area contributed by atoms with Crippen LogP contribution < -0.4 is 11.1 Å². The van der Waals surface area contributed by atoms with Crippen LogP contribution in [0.2, 0.25) is 0 Å². The van der Waals surface area contributed by atoms with Gasteiger partial charge in [0.1, 0.15) is 0 Å². The van der Waals surface area contributed by atoms with Crippen LogP contribution in [0.15, 0.2) is 27.4 Å². The van der Waals surface area contributed by atoms with Crippen LogP contribution in [0.25, 0.3) is 11.1 Å². The van der Waals surface area contributed by atoms with Crippen LogP contribution in [0.4, 0.5) is 0 Å². The van der Waals surface area contributed by atoms with Gasteiger partial charge < -0.3 is 14.6 Å². The van der Waals surface area contributed by atoms with Gasteiger partial charge in [0, 0.05) is 38.3 Å². The predicted molar refractivity (Wildman–Crippen MR) is 84.2 cm³/mol. The van der Waals surface area contributed by atoms with E-state index < -0.39 is 0 Å². The summed E-state index contributed by atoms with van der Waals surface area (Å²) in [5.41, 5.74) is 1.82. The average molecular weight is 303 g/mol. The van der Waals surface area contributed by atoms with Gasteiger partial charge in [-0.3, -0.25) is 9.36 Å². The Morgan fingerprint density at radius 3 is 2.82 bits per heavy atom. The van der Waals surface area contributed by atoms with E-state index in [0.717, 1.165) is 31.4 Å². The summed E-state index contributed by atoms with van der Waals surface area (Å²) in [7, 11) is 0.